The second kappa shape index (κ2) is 8.48. The van der Waals surface area contributed by atoms with Crippen LogP contribution in [0.1, 0.15) is 51.9 Å². The van der Waals surface area contributed by atoms with Crippen LogP contribution >= 0.6 is 11.8 Å². The van der Waals surface area contributed by atoms with Gasteiger partial charge in [-0.3, -0.25) is 9.59 Å². The zero-order chi connectivity index (χ0) is 19.6. The molecule has 4 aliphatic carbocycles. The maximum atomic E-state index is 12.4. The van der Waals surface area contributed by atoms with Crippen molar-refractivity contribution in [3.05, 3.63) is 30.3 Å². The molecule has 4 nitrogen and oxygen atoms in total. The van der Waals surface area contributed by atoms with Gasteiger partial charge in [-0.2, -0.15) is 0 Å². The van der Waals surface area contributed by atoms with E-state index in [0.717, 1.165) is 22.6 Å². The van der Waals surface area contributed by atoms with Crippen molar-refractivity contribution in [1.82, 2.24) is 5.32 Å². The summed E-state index contributed by atoms with van der Waals surface area (Å²) in [4.78, 5) is 25.4. The molecule has 0 saturated heterocycles. The van der Waals surface area contributed by atoms with Crippen LogP contribution in [0.4, 0.5) is 0 Å². The van der Waals surface area contributed by atoms with Gasteiger partial charge >= 0.3 is 5.97 Å². The minimum atomic E-state index is -0.305. The van der Waals surface area contributed by atoms with Crippen molar-refractivity contribution in [2.45, 2.75) is 62.8 Å². The molecule has 4 saturated carbocycles. The van der Waals surface area contributed by atoms with Gasteiger partial charge in [0, 0.05) is 16.7 Å². The number of carbonyl (C=O) groups excluding carboxylic acids is 2. The molecule has 0 unspecified atom stereocenters. The smallest absolute Gasteiger partial charge is 0.307 e. The molecule has 0 heterocycles. The van der Waals surface area contributed by atoms with E-state index in [4.69, 9.17) is 4.74 Å². The van der Waals surface area contributed by atoms with E-state index in [9.17, 15) is 9.59 Å². The van der Waals surface area contributed by atoms with Crippen LogP contribution in [0.2, 0.25) is 0 Å². The molecule has 5 heteroatoms. The van der Waals surface area contributed by atoms with Crippen LogP contribution in [0.5, 0.6) is 0 Å². The van der Waals surface area contributed by atoms with E-state index in [-0.39, 0.29) is 29.9 Å². The predicted molar refractivity (Wildman–Crippen MR) is 111 cm³/mol. The van der Waals surface area contributed by atoms with Crippen molar-refractivity contribution in [2.75, 3.05) is 12.4 Å². The summed E-state index contributed by atoms with van der Waals surface area (Å²) >= 11 is 1.62. The van der Waals surface area contributed by atoms with Crippen LogP contribution in [0.3, 0.4) is 0 Å². The van der Waals surface area contributed by atoms with Crippen molar-refractivity contribution < 1.29 is 14.3 Å². The molecule has 1 amide bonds. The first-order valence-corrected chi connectivity index (χ1v) is 11.6. The highest BCUT2D eigenvalue weighted by molar-refractivity contribution is 7.99. The molecule has 28 heavy (non-hydrogen) atoms. The largest absolute Gasteiger partial charge is 0.456 e. The van der Waals surface area contributed by atoms with Crippen LogP contribution in [0, 0.1) is 23.2 Å². The van der Waals surface area contributed by atoms with Gasteiger partial charge in [0.15, 0.2) is 6.61 Å². The average Bonchev–Trinajstić information content (AvgIpc) is 2.66. The Balaban J connectivity index is 1.18. The number of amides is 1. The van der Waals surface area contributed by atoms with Gasteiger partial charge in [0.25, 0.3) is 5.91 Å². The SMILES string of the molecule is C[C@@H](NC(=O)COC(=O)CCSc1ccccc1)C12CC3CC(CC(C3)C1)C2. The van der Waals surface area contributed by atoms with Crippen molar-refractivity contribution in [3.8, 4) is 0 Å². The fraction of sp³-hybridized carbons (Fsp3) is 0.652. The maximum absolute atomic E-state index is 12.4. The molecule has 0 spiro atoms. The number of esters is 1. The van der Waals surface area contributed by atoms with E-state index >= 15 is 0 Å². The summed E-state index contributed by atoms with van der Waals surface area (Å²) in [6, 6.07) is 10.2. The Kier molecular flexibility index (Phi) is 6.00. The van der Waals surface area contributed by atoms with Gasteiger partial charge in [-0.1, -0.05) is 18.2 Å². The molecule has 1 aromatic carbocycles. The molecule has 1 N–H and O–H groups in total. The summed E-state index contributed by atoms with van der Waals surface area (Å²) in [6.45, 7) is 1.99. The fourth-order valence-corrected chi connectivity index (χ4v) is 6.99. The first-order valence-electron chi connectivity index (χ1n) is 10.7. The third-order valence-corrected chi connectivity index (χ3v) is 8.08. The fourth-order valence-electron chi connectivity index (χ4n) is 6.13. The van der Waals surface area contributed by atoms with E-state index in [2.05, 4.69) is 12.2 Å². The number of benzene rings is 1. The molecule has 5 rings (SSSR count). The Bertz CT molecular complexity index is 670. The Morgan fingerprint density at radius 2 is 1.71 bits per heavy atom. The molecule has 0 radical (unpaired) electrons. The standard InChI is InChI=1S/C23H31NO3S/c1-16(23-12-17-9-18(13-23)11-19(10-17)14-23)24-21(25)15-27-22(26)7-8-28-20-5-3-2-4-6-20/h2-6,16-19H,7-15H2,1H3,(H,24,25)/t16-,17?,18?,19?,23?/m1/s1. The monoisotopic (exact) mass is 401 g/mol. The summed E-state index contributed by atoms with van der Waals surface area (Å²) in [5, 5.41) is 3.15. The van der Waals surface area contributed by atoms with E-state index in [1.807, 2.05) is 30.3 Å². The van der Waals surface area contributed by atoms with Gasteiger partial charge < -0.3 is 10.1 Å². The average molecular weight is 402 g/mol. The van der Waals surface area contributed by atoms with Gasteiger partial charge in [0.05, 0.1) is 6.42 Å². The Hall–Kier alpha value is -1.49. The highest BCUT2D eigenvalue weighted by Gasteiger charge is 2.53. The molecular weight excluding hydrogens is 370 g/mol. The second-order valence-electron chi connectivity index (χ2n) is 9.14. The lowest BCUT2D eigenvalue weighted by Crippen LogP contribution is -2.56. The maximum Gasteiger partial charge on any atom is 0.307 e. The molecule has 4 bridgehead atoms. The Labute approximate surface area is 172 Å². The van der Waals surface area contributed by atoms with Crippen LogP contribution in [0.25, 0.3) is 0 Å². The zero-order valence-electron chi connectivity index (χ0n) is 16.7. The second-order valence-corrected chi connectivity index (χ2v) is 10.3. The number of ether oxygens (including phenoxy) is 1. The van der Waals surface area contributed by atoms with Crippen LogP contribution < -0.4 is 5.32 Å². The van der Waals surface area contributed by atoms with Crippen molar-refractivity contribution in [1.29, 1.82) is 0 Å². The van der Waals surface area contributed by atoms with Crippen molar-refractivity contribution >= 4 is 23.6 Å². The minimum absolute atomic E-state index is 0.160. The number of hydrogen-bond donors (Lipinski definition) is 1. The number of rotatable bonds is 8. The van der Waals surface area contributed by atoms with Crippen LogP contribution in [-0.2, 0) is 14.3 Å². The first kappa shape index (κ1) is 19.8. The highest BCUT2D eigenvalue weighted by atomic mass is 32.2. The Morgan fingerprint density at radius 1 is 1.11 bits per heavy atom. The quantitative estimate of drug-likeness (QED) is 0.517. The van der Waals surface area contributed by atoms with Gasteiger partial charge in [-0.15, -0.1) is 11.8 Å². The van der Waals surface area contributed by atoms with Gasteiger partial charge in [-0.25, -0.2) is 0 Å². The van der Waals surface area contributed by atoms with Crippen LogP contribution in [-0.4, -0.2) is 30.3 Å². The normalized spacial score (nSPS) is 31.4. The zero-order valence-corrected chi connectivity index (χ0v) is 17.5. The van der Waals surface area contributed by atoms with Gasteiger partial charge in [0.2, 0.25) is 0 Å². The van der Waals surface area contributed by atoms with Crippen molar-refractivity contribution in [2.24, 2.45) is 23.2 Å². The number of thioether (sulfide) groups is 1. The van der Waals surface area contributed by atoms with E-state index in [1.165, 1.54) is 38.5 Å². The molecule has 0 aromatic heterocycles. The minimum Gasteiger partial charge on any atom is -0.456 e. The molecule has 1 aromatic rings. The molecule has 152 valence electrons. The topological polar surface area (TPSA) is 55.4 Å². The highest BCUT2D eigenvalue weighted by Crippen LogP contribution is 2.61. The first-order chi connectivity index (χ1) is 13.5. The summed E-state index contributed by atoms with van der Waals surface area (Å²) < 4.78 is 5.20. The summed E-state index contributed by atoms with van der Waals surface area (Å²) in [5.41, 5.74) is 0.279. The number of hydrogen-bond acceptors (Lipinski definition) is 4. The lowest BCUT2D eigenvalue weighted by atomic mass is 9.48. The van der Waals surface area contributed by atoms with Gasteiger partial charge in [0.1, 0.15) is 0 Å². The summed E-state index contributed by atoms with van der Waals surface area (Å²) in [5.74, 6) is 2.80. The van der Waals surface area contributed by atoms with E-state index in [0.29, 0.717) is 12.2 Å². The van der Waals surface area contributed by atoms with E-state index < -0.39 is 0 Å². The van der Waals surface area contributed by atoms with E-state index in [1.54, 1.807) is 11.8 Å². The number of nitrogens with one attached hydrogen (secondary N) is 1. The lowest BCUT2D eigenvalue weighted by Gasteiger charge is -2.59. The third-order valence-electron chi connectivity index (χ3n) is 7.06. The number of carbonyl (C=O) groups is 2. The summed E-state index contributed by atoms with van der Waals surface area (Å²) in [6.07, 6.45) is 8.30. The molecule has 4 aliphatic rings. The molecule has 0 aliphatic heterocycles. The van der Waals surface area contributed by atoms with Gasteiger partial charge in [-0.05, 0) is 80.8 Å². The molecule has 4 fully saturated rings. The third kappa shape index (κ3) is 4.56. The summed E-state index contributed by atoms with van der Waals surface area (Å²) in [7, 11) is 0. The lowest BCUT2D eigenvalue weighted by molar-refractivity contribution is -0.149. The van der Waals surface area contributed by atoms with Crippen LogP contribution in [0.15, 0.2) is 35.2 Å². The van der Waals surface area contributed by atoms with Crippen molar-refractivity contribution in [3.63, 3.8) is 0 Å². The molecular formula is C23H31NO3S. The predicted octanol–water partition coefficient (Wildman–Crippen LogP) is 4.43. The Morgan fingerprint density at radius 3 is 2.32 bits per heavy atom. The molecule has 1 atom stereocenters.